The van der Waals surface area contributed by atoms with E-state index < -0.39 is 0 Å². The number of carbonyl (C=O) groups is 3. The normalized spacial score (nSPS) is 16.5. The molecule has 2 atom stereocenters. The van der Waals surface area contributed by atoms with Crippen LogP contribution in [0.4, 0.5) is 11.4 Å². The van der Waals surface area contributed by atoms with Crippen molar-refractivity contribution in [3.63, 3.8) is 0 Å². The molecular formula is C24H30N6O3. The molecule has 9 nitrogen and oxygen atoms in total. The summed E-state index contributed by atoms with van der Waals surface area (Å²) in [7, 11) is 3.68. The molecule has 3 amide bonds. The molecule has 0 bridgehead atoms. The predicted octanol–water partition coefficient (Wildman–Crippen LogP) is 1.64. The lowest BCUT2D eigenvalue weighted by Gasteiger charge is -2.20. The van der Waals surface area contributed by atoms with Crippen molar-refractivity contribution in [2.75, 3.05) is 37.4 Å². The Morgan fingerprint density at radius 2 is 1.85 bits per heavy atom. The molecule has 0 spiro atoms. The van der Waals surface area contributed by atoms with Crippen LogP contribution in [0, 0.1) is 11.3 Å². The Balaban J connectivity index is 1.55. The standard InChI is InChI=1S/C24H30N6O3/c1-15(29(2)3)23(32)28-19-7-9-20(10-8-19)30-14-16(11-21(30)31)13-27-24(33)18-6-4-5-17(12-18)22(25)26/h4-10,12,15-16H,11,13-14H2,1-3H3,(H3,25,26)(H,27,33)(H,28,32). The summed E-state index contributed by atoms with van der Waals surface area (Å²) in [4.78, 5) is 40.7. The fourth-order valence-electron chi connectivity index (χ4n) is 3.54. The average molecular weight is 451 g/mol. The SMILES string of the molecule is CC(C(=O)Nc1ccc(N2CC(CNC(=O)c3cccc(C(=N)N)c3)CC2=O)cc1)N(C)C. The van der Waals surface area contributed by atoms with E-state index in [4.69, 9.17) is 11.1 Å². The fraction of sp³-hybridized carbons (Fsp3) is 0.333. The van der Waals surface area contributed by atoms with Crippen LogP contribution in [0.2, 0.25) is 0 Å². The molecule has 1 aliphatic rings. The van der Waals surface area contributed by atoms with Crippen LogP contribution in [-0.4, -0.2) is 61.7 Å². The third kappa shape index (κ3) is 5.95. The molecule has 2 aromatic rings. The quantitative estimate of drug-likeness (QED) is 0.359. The van der Waals surface area contributed by atoms with Crippen molar-refractivity contribution in [3.05, 3.63) is 59.7 Å². The monoisotopic (exact) mass is 450 g/mol. The Kier molecular flexibility index (Phi) is 7.44. The van der Waals surface area contributed by atoms with Crippen LogP contribution in [0.5, 0.6) is 0 Å². The fourth-order valence-corrected chi connectivity index (χ4v) is 3.54. The van der Waals surface area contributed by atoms with Gasteiger partial charge >= 0.3 is 0 Å². The molecule has 0 saturated carbocycles. The van der Waals surface area contributed by atoms with Crippen LogP contribution in [0.25, 0.3) is 0 Å². The second kappa shape index (κ2) is 10.3. The van der Waals surface area contributed by atoms with Crippen molar-refractivity contribution in [2.24, 2.45) is 11.7 Å². The highest BCUT2D eigenvalue weighted by molar-refractivity contribution is 6.00. The zero-order valence-electron chi connectivity index (χ0n) is 19.1. The lowest BCUT2D eigenvalue weighted by atomic mass is 10.1. The first-order valence-electron chi connectivity index (χ1n) is 10.8. The van der Waals surface area contributed by atoms with Gasteiger partial charge in [-0.2, -0.15) is 0 Å². The maximum Gasteiger partial charge on any atom is 0.251 e. The van der Waals surface area contributed by atoms with Crippen molar-refractivity contribution in [3.8, 4) is 0 Å². The van der Waals surface area contributed by atoms with Crippen molar-refractivity contribution >= 4 is 34.9 Å². The number of hydrogen-bond donors (Lipinski definition) is 4. The number of carbonyl (C=O) groups excluding carboxylic acids is 3. The molecule has 1 saturated heterocycles. The molecular weight excluding hydrogens is 420 g/mol. The van der Waals surface area contributed by atoms with E-state index in [-0.39, 0.29) is 35.5 Å². The maximum absolute atomic E-state index is 12.5. The highest BCUT2D eigenvalue weighted by Gasteiger charge is 2.31. The van der Waals surface area contributed by atoms with Crippen molar-refractivity contribution in [1.82, 2.24) is 10.2 Å². The first-order chi connectivity index (χ1) is 15.7. The van der Waals surface area contributed by atoms with Gasteiger partial charge in [-0.05, 0) is 57.4 Å². The number of nitrogens with one attached hydrogen (secondary N) is 3. The largest absolute Gasteiger partial charge is 0.384 e. The molecule has 33 heavy (non-hydrogen) atoms. The molecule has 5 N–H and O–H groups in total. The van der Waals surface area contributed by atoms with E-state index >= 15 is 0 Å². The van der Waals surface area contributed by atoms with E-state index in [0.717, 1.165) is 5.69 Å². The van der Waals surface area contributed by atoms with Gasteiger partial charge < -0.3 is 21.3 Å². The number of nitrogens with zero attached hydrogens (tertiary/aromatic N) is 2. The molecule has 1 heterocycles. The third-order valence-corrected chi connectivity index (χ3v) is 5.79. The van der Waals surface area contributed by atoms with Gasteiger partial charge in [0, 0.05) is 47.9 Å². The van der Waals surface area contributed by atoms with Crippen molar-refractivity contribution < 1.29 is 14.4 Å². The first-order valence-corrected chi connectivity index (χ1v) is 10.8. The Morgan fingerprint density at radius 1 is 1.18 bits per heavy atom. The number of nitrogen functional groups attached to an aromatic ring is 1. The number of rotatable bonds is 8. The van der Waals surface area contributed by atoms with E-state index in [1.54, 1.807) is 41.3 Å². The van der Waals surface area contributed by atoms with E-state index in [1.165, 1.54) is 0 Å². The van der Waals surface area contributed by atoms with Gasteiger partial charge in [0.05, 0.1) is 6.04 Å². The first kappa shape index (κ1) is 23.9. The van der Waals surface area contributed by atoms with E-state index in [0.29, 0.717) is 36.3 Å². The summed E-state index contributed by atoms with van der Waals surface area (Å²) in [5, 5.41) is 13.2. The highest BCUT2D eigenvalue weighted by atomic mass is 16.2. The molecule has 3 rings (SSSR count). The molecule has 2 aromatic carbocycles. The number of amidine groups is 1. The zero-order valence-corrected chi connectivity index (χ0v) is 19.1. The summed E-state index contributed by atoms with van der Waals surface area (Å²) in [5.74, 6) is -0.492. The van der Waals surface area contributed by atoms with Gasteiger partial charge in [-0.1, -0.05) is 12.1 Å². The molecule has 0 radical (unpaired) electrons. The number of nitrogens with two attached hydrogens (primary N) is 1. The van der Waals surface area contributed by atoms with Crippen LogP contribution >= 0.6 is 0 Å². The highest BCUT2D eigenvalue weighted by Crippen LogP contribution is 2.26. The van der Waals surface area contributed by atoms with Crippen LogP contribution in [0.3, 0.4) is 0 Å². The molecule has 0 aliphatic carbocycles. The Morgan fingerprint density at radius 3 is 2.48 bits per heavy atom. The molecule has 1 aliphatic heterocycles. The Hall–Kier alpha value is -3.72. The van der Waals surface area contributed by atoms with Crippen LogP contribution in [0.1, 0.15) is 29.3 Å². The summed E-state index contributed by atoms with van der Waals surface area (Å²) in [6.07, 6.45) is 0.340. The number of likely N-dealkylation sites (N-methyl/N-ethyl adjacent to an activating group) is 1. The van der Waals surface area contributed by atoms with E-state index in [1.807, 2.05) is 38.1 Å². The molecule has 1 fully saturated rings. The number of hydrogen-bond acceptors (Lipinski definition) is 5. The van der Waals surface area contributed by atoms with Gasteiger partial charge in [-0.15, -0.1) is 0 Å². The topological polar surface area (TPSA) is 132 Å². The van der Waals surface area contributed by atoms with Crippen LogP contribution in [-0.2, 0) is 9.59 Å². The summed E-state index contributed by atoms with van der Waals surface area (Å²) in [6, 6.07) is 13.5. The van der Waals surface area contributed by atoms with Gasteiger partial charge in [-0.3, -0.25) is 24.7 Å². The Bertz CT molecular complexity index is 1050. The second-order valence-electron chi connectivity index (χ2n) is 8.45. The number of benzene rings is 2. The molecule has 2 unspecified atom stereocenters. The van der Waals surface area contributed by atoms with Gasteiger partial charge in [0.25, 0.3) is 5.91 Å². The molecule has 9 heteroatoms. The Labute approximate surface area is 193 Å². The summed E-state index contributed by atoms with van der Waals surface area (Å²) in [5.41, 5.74) is 7.81. The third-order valence-electron chi connectivity index (χ3n) is 5.79. The van der Waals surface area contributed by atoms with Crippen molar-refractivity contribution in [1.29, 1.82) is 5.41 Å². The van der Waals surface area contributed by atoms with Crippen LogP contribution in [0.15, 0.2) is 48.5 Å². The minimum atomic E-state index is -0.268. The summed E-state index contributed by atoms with van der Waals surface area (Å²) < 4.78 is 0. The minimum Gasteiger partial charge on any atom is -0.384 e. The summed E-state index contributed by atoms with van der Waals surface area (Å²) in [6.45, 7) is 2.68. The zero-order chi connectivity index (χ0) is 24.1. The van der Waals surface area contributed by atoms with Gasteiger partial charge in [-0.25, -0.2) is 0 Å². The predicted molar refractivity (Wildman–Crippen MR) is 128 cm³/mol. The second-order valence-corrected chi connectivity index (χ2v) is 8.45. The lowest BCUT2D eigenvalue weighted by molar-refractivity contribution is -0.120. The summed E-state index contributed by atoms with van der Waals surface area (Å²) >= 11 is 0. The minimum absolute atomic E-state index is 0.00848. The molecule has 0 aromatic heterocycles. The number of anilines is 2. The maximum atomic E-state index is 12.5. The average Bonchev–Trinajstić information content (AvgIpc) is 3.17. The van der Waals surface area contributed by atoms with Crippen LogP contribution < -0.4 is 21.3 Å². The van der Waals surface area contributed by atoms with Gasteiger partial charge in [0.2, 0.25) is 11.8 Å². The van der Waals surface area contributed by atoms with Gasteiger partial charge in [0.1, 0.15) is 5.84 Å². The lowest BCUT2D eigenvalue weighted by Crippen LogP contribution is -2.37. The van der Waals surface area contributed by atoms with Gasteiger partial charge in [0.15, 0.2) is 0 Å². The number of amides is 3. The van der Waals surface area contributed by atoms with E-state index in [9.17, 15) is 14.4 Å². The van der Waals surface area contributed by atoms with Crippen molar-refractivity contribution in [2.45, 2.75) is 19.4 Å². The molecule has 174 valence electrons. The van der Waals surface area contributed by atoms with E-state index in [2.05, 4.69) is 10.6 Å². The smallest absolute Gasteiger partial charge is 0.251 e.